The van der Waals surface area contributed by atoms with Gasteiger partial charge in [-0.15, -0.1) is 0 Å². The third-order valence-electron chi connectivity index (χ3n) is 2.68. The van der Waals surface area contributed by atoms with Crippen LogP contribution in [0.15, 0.2) is 60.9 Å². The van der Waals surface area contributed by atoms with E-state index in [1.807, 2.05) is 30.3 Å². The number of halogens is 3. The van der Waals surface area contributed by atoms with Gasteiger partial charge in [0.2, 0.25) is 0 Å². The third kappa shape index (κ3) is 2.62. The van der Waals surface area contributed by atoms with Gasteiger partial charge in [0.25, 0.3) is 6.43 Å². The maximum atomic E-state index is 12.5. The molecule has 2 aromatic rings. The molecule has 0 radical (unpaired) electrons. The van der Waals surface area contributed by atoms with Crippen molar-refractivity contribution in [1.82, 2.24) is 0 Å². The molecule has 0 N–H and O–H groups in total. The van der Waals surface area contributed by atoms with Gasteiger partial charge >= 0.3 is 0 Å². The summed E-state index contributed by atoms with van der Waals surface area (Å²) >= 11 is 0. The van der Waals surface area contributed by atoms with Gasteiger partial charge in [0.15, 0.2) is 0 Å². The molecule has 0 spiro atoms. The maximum absolute atomic E-state index is 12.5. The monoisotopic (exact) mass is 248 g/mol. The van der Waals surface area contributed by atoms with Gasteiger partial charge < -0.3 is 0 Å². The molecule has 0 aliphatic heterocycles. The molecule has 0 aliphatic rings. The van der Waals surface area contributed by atoms with Crippen LogP contribution in [-0.4, -0.2) is 6.43 Å². The first kappa shape index (κ1) is 12.4. The molecule has 0 atom stereocenters. The Hall–Kier alpha value is -2.03. The second-order valence-corrected chi connectivity index (χ2v) is 3.81. The van der Waals surface area contributed by atoms with Crippen molar-refractivity contribution in [2.45, 2.75) is 6.43 Å². The first-order chi connectivity index (χ1) is 8.72. The van der Waals surface area contributed by atoms with Crippen LogP contribution in [0.2, 0.25) is 0 Å². The molecule has 0 saturated heterocycles. The quantitative estimate of drug-likeness (QED) is 0.722. The second kappa shape index (κ2) is 5.54. The van der Waals surface area contributed by atoms with Crippen LogP contribution in [0.1, 0.15) is 5.56 Å². The molecule has 3 heteroatoms. The number of benzene rings is 2. The Kier molecular flexibility index (Phi) is 3.82. The van der Waals surface area contributed by atoms with Crippen molar-refractivity contribution < 1.29 is 13.2 Å². The number of hydrogen-bond donors (Lipinski definition) is 0. The zero-order chi connectivity index (χ0) is 13.0. The highest BCUT2D eigenvalue weighted by molar-refractivity contribution is 5.71. The summed E-state index contributed by atoms with van der Waals surface area (Å²) in [6.07, 6.45) is -2.85. The molecule has 0 bridgehead atoms. The van der Waals surface area contributed by atoms with Gasteiger partial charge in [0.05, 0.1) is 11.9 Å². The summed E-state index contributed by atoms with van der Waals surface area (Å²) in [7, 11) is 0. The van der Waals surface area contributed by atoms with E-state index in [0.717, 1.165) is 11.1 Å². The van der Waals surface area contributed by atoms with Gasteiger partial charge in [-0.05, 0) is 16.7 Å². The largest absolute Gasteiger partial charge is 0.266 e. The van der Waals surface area contributed by atoms with Crippen molar-refractivity contribution in [3.8, 4) is 11.1 Å². The van der Waals surface area contributed by atoms with Crippen LogP contribution in [0.25, 0.3) is 16.7 Å². The Morgan fingerprint density at radius 1 is 0.833 bits per heavy atom. The zero-order valence-electron chi connectivity index (χ0n) is 9.48. The number of alkyl halides is 2. The lowest BCUT2D eigenvalue weighted by Gasteiger charge is -2.06. The predicted octanol–water partition coefficient (Wildman–Crippen LogP) is 4.93. The van der Waals surface area contributed by atoms with Gasteiger partial charge in [0.1, 0.15) is 0 Å². The second-order valence-electron chi connectivity index (χ2n) is 3.81. The van der Waals surface area contributed by atoms with Gasteiger partial charge in [-0.3, -0.25) is 0 Å². The predicted molar refractivity (Wildman–Crippen MR) is 67.0 cm³/mol. The van der Waals surface area contributed by atoms with Crippen LogP contribution in [0.5, 0.6) is 0 Å². The Morgan fingerprint density at radius 3 is 1.89 bits per heavy atom. The normalized spacial score (nSPS) is 11.9. The highest BCUT2D eigenvalue weighted by Gasteiger charge is 2.13. The molecule has 0 aliphatic carbocycles. The van der Waals surface area contributed by atoms with Crippen molar-refractivity contribution in [1.29, 1.82) is 0 Å². The van der Waals surface area contributed by atoms with Crippen molar-refractivity contribution in [2.24, 2.45) is 0 Å². The van der Waals surface area contributed by atoms with Gasteiger partial charge in [-0.1, -0.05) is 54.6 Å². The molecule has 0 saturated carbocycles. The molecule has 92 valence electrons. The Balaban J connectivity index is 2.31. The summed E-state index contributed by atoms with van der Waals surface area (Å²) < 4.78 is 37.4. The molecule has 0 unspecified atom stereocenters. The average Bonchev–Trinajstić information content (AvgIpc) is 2.41. The van der Waals surface area contributed by atoms with Crippen molar-refractivity contribution in [2.75, 3.05) is 0 Å². The van der Waals surface area contributed by atoms with E-state index in [1.54, 1.807) is 12.1 Å². The van der Waals surface area contributed by atoms with E-state index in [-0.39, 0.29) is 11.9 Å². The highest BCUT2D eigenvalue weighted by atomic mass is 19.3. The zero-order valence-corrected chi connectivity index (χ0v) is 9.48. The minimum Gasteiger partial charge on any atom is -0.215 e. The van der Waals surface area contributed by atoms with E-state index < -0.39 is 12.0 Å². The lowest BCUT2D eigenvalue weighted by molar-refractivity contribution is 0.214. The van der Waals surface area contributed by atoms with Crippen LogP contribution >= 0.6 is 0 Å². The van der Waals surface area contributed by atoms with Crippen molar-refractivity contribution in [3.63, 3.8) is 0 Å². The Labute approximate surface area is 103 Å². The molecule has 0 aromatic heterocycles. The average molecular weight is 248 g/mol. The number of allylic oxidation sites excluding steroid dienone is 1. The van der Waals surface area contributed by atoms with Crippen LogP contribution in [-0.2, 0) is 0 Å². The summed E-state index contributed by atoms with van der Waals surface area (Å²) in [5.74, 6) is 0. The molecule has 2 rings (SSSR count). The minimum absolute atomic E-state index is 0.0395. The molecular formula is C15H11F3. The fraction of sp³-hybridized carbons (Fsp3) is 0.0667. The van der Waals surface area contributed by atoms with E-state index in [2.05, 4.69) is 0 Å². The van der Waals surface area contributed by atoms with E-state index in [0.29, 0.717) is 0 Å². The van der Waals surface area contributed by atoms with Crippen LogP contribution in [0, 0.1) is 0 Å². The summed E-state index contributed by atoms with van der Waals surface area (Å²) in [5.41, 5.74) is 1.51. The van der Waals surface area contributed by atoms with Crippen molar-refractivity contribution in [3.05, 3.63) is 66.5 Å². The number of hydrogen-bond acceptors (Lipinski definition) is 0. The first-order valence-electron chi connectivity index (χ1n) is 5.46. The van der Waals surface area contributed by atoms with E-state index in [9.17, 15) is 13.2 Å². The van der Waals surface area contributed by atoms with E-state index >= 15 is 0 Å². The summed E-state index contributed by atoms with van der Waals surface area (Å²) in [6, 6.07) is 16.0. The van der Waals surface area contributed by atoms with Crippen LogP contribution in [0.4, 0.5) is 13.2 Å². The Morgan fingerprint density at radius 2 is 1.39 bits per heavy atom. The summed E-state index contributed by atoms with van der Waals surface area (Å²) in [4.78, 5) is 0. The SMILES string of the molecule is FC=C(c1ccc(-c2ccccc2)cc1)C(F)F. The van der Waals surface area contributed by atoms with Crippen LogP contribution < -0.4 is 0 Å². The molecule has 0 heterocycles. The summed E-state index contributed by atoms with van der Waals surface area (Å²) in [5, 5.41) is 0. The fourth-order valence-electron chi connectivity index (χ4n) is 1.72. The van der Waals surface area contributed by atoms with Gasteiger partial charge in [0, 0.05) is 0 Å². The molecule has 0 fully saturated rings. The van der Waals surface area contributed by atoms with E-state index in [4.69, 9.17) is 0 Å². The smallest absolute Gasteiger partial charge is 0.215 e. The van der Waals surface area contributed by atoms with E-state index in [1.165, 1.54) is 12.1 Å². The topological polar surface area (TPSA) is 0 Å². The highest BCUT2D eigenvalue weighted by Crippen LogP contribution is 2.25. The molecule has 2 aromatic carbocycles. The fourth-order valence-corrected chi connectivity index (χ4v) is 1.72. The number of rotatable bonds is 3. The molecular weight excluding hydrogens is 237 g/mol. The molecule has 0 amide bonds. The summed E-state index contributed by atoms with van der Waals surface area (Å²) in [6.45, 7) is 0. The standard InChI is InChI=1S/C15H11F3/c16-10-14(15(17)18)13-8-6-12(7-9-13)11-4-2-1-3-5-11/h1-10,15H. The van der Waals surface area contributed by atoms with Gasteiger partial charge in [-0.2, -0.15) is 0 Å². The maximum Gasteiger partial charge on any atom is 0.266 e. The molecule has 0 nitrogen and oxygen atoms in total. The lowest BCUT2D eigenvalue weighted by Crippen LogP contribution is -1.95. The lowest BCUT2D eigenvalue weighted by atomic mass is 10.0. The first-order valence-corrected chi connectivity index (χ1v) is 5.46. The molecule has 18 heavy (non-hydrogen) atoms. The third-order valence-corrected chi connectivity index (χ3v) is 2.68. The van der Waals surface area contributed by atoms with Crippen molar-refractivity contribution >= 4 is 5.57 Å². The minimum atomic E-state index is -2.81. The Bertz CT molecular complexity index is 527. The van der Waals surface area contributed by atoms with Crippen LogP contribution in [0.3, 0.4) is 0 Å². The van der Waals surface area contributed by atoms with Gasteiger partial charge in [-0.25, -0.2) is 13.2 Å².